The molecule has 1 fully saturated rings. The molecule has 2 N–H and O–H groups in total. The highest BCUT2D eigenvalue weighted by Crippen LogP contribution is 2.35. The van der Waals surface area contributed by atoms with Crippen LogP contribution < -0.4 is 10.6 Å². The van der Waals surface area contributed by atoms with Crippen LogP contribution in [0.25, 0.3) is 0 Å². The molecule has 7 heteroatoms. The first kappa shape index (κ1) is 21.2. The summed E-state index contributed by atoms with van der Waals surface area (Å²) < 4.78 is 13.1. The number of carbonyl (C=O) groups is 3. The molecule has 0 spiro atoms. The monoisotopic (exact) mass is 431 g/mol. The van der Waals surface area contributed by atoms with Crippen LogP contribution in [0.4, 0.5) is 9.18 Å². The number of urea groups is 1. The first-order valence-electron chi connectivity index (χ1n) is 10.2. The van der Waals surface area contributed by atoms with E-state index < -0.39 is 36.0 Å². The molecule has 32 heavy (non-hydrogen) atoms. The van der Waals surface area contributed by atoms with Gasteiger partial charge in [-0.25, -0.2) is 9.18 Å². The van der Waals surface area contributed by atoms with Gasteiger partial charge in [0.15, 0.2) is 5.54 Å². The lowest BCUT2D eigenvalue weighted by Crippen LogP contribution is -2.46. The van der Waals surface area contributed by atoms with Gasteiger partial charge in [0.2, 0.25) is 5.91 Å². The third kappa shape index (κ3) is 3.85. The van der Waals surface area contributed by atoms with Gasteiger partial charge in [-0.1, -0.05) is 72.8 Å². The van der Waals surface area contributed by atoms with Crippen LogP contribution in [0.1, 0.15) is 29.7 Å². The average molecular weight is 431 g/mol. The van der Waals surface area contributed by atoms with Crippen molar-refractivity contribution in [1.29, 1.82) is 0 Å². The third-order valence-electron chi connectivity index (χ3n) is 5.57. The topological polar surface area (TPSA) is 78.5 Å². The highest BCUT2D eigenvalue weighted by Gasteiger charge is 2.54. The molecule has 0 saturated carbocycles. The Morgan fingerprint density at radius 2 is 1.47 bits per heavy atom. The van der Waals surface area contributed by atoms with Crippen molar-refractivity contribution in [2.45, 2.75) is 18.5 Å². The van der Waals surface area contributed by atoms with E-state index in [1.54, 1.807) is 67.6 Å². The predicted octanol–water partition coefficient (Wildman–Crippen LogP) is 3.50. The fraction of sp³-hybridized carbons (Fsp3) is 0.160. The first-order chi connectivity index (χ1) is 15.4. The second-order valence-corrected chi connectivity index (χ2v) is 7.64. The predicted molar refractivity (Wildman–Crippen MR) is 117 cm³/mol. The molecule has 3 aromatic rings. The highest BCUT2D eigenvalue weighted by molar-refractivity contribution is 6.11. The molecule has 0 aromatic heterocycles. The van der Waals surface area contributed by atoms with Crippen molar-refractivity contribution in [3.05, 3.63) is 107 Å². The Hall–Kier alpha value is -4.00. The average Bonchev–Trinajstić information content (AvgIpc) is 3.06. The second-order valence-electron chi connectivity index (χ2n) is 7.64. The lowest BCUT2D eigenvalue weighted by molar-refractivity contribution is -0.134. The van der Waals surface area contributed by atoms with Crippen LogP contribution in [-0.2, 0) is 15.1 Å². The zero-order valence-electron chi connectivity index (χ0n) is 17.4. The summed E-state index contributed by atoms with van der Waals surface area (Å²) in [6.45, 7) is 1.31. The molecule has 6 nitrogen and oxygen atoms in total. The van der Waals surface area contributed by atoms with E-state index in [1.165, 1.54) is 12.1 Å². The third-order valence-corrected chi connectivity index (χ3v) is 5.57. The summed E-state index contributed by atoms with van der Waals surface area (Å²) in [6.07, 6.45) is 0. The van der Waals surface area contributed by atoms with E-state index in [0.717, 1.165) is 4.90 Å². The molecular weight excluding hydrogens is 409 g/mol. The number of carbonyl (C=O) groups excluding carboxylic acids is 3. The summed E-state index contributed by atoms with van der Waals surface area (Å²) in [4.78, 5) is 40.0. The fourth-order valence-corrected chi connectivity index (χ4v) is 3.92. The molecule has 1 aliphatic rings. The van der Waals surface area contributed by atoms with Gasteiger partial charge in [-0.2, -0.15) is 0 Å². The smallest absolute Gasteiger partial charge is 0.326 e. The first-order valence-corrected chi connectivity index (χ1v) is 10.2. The van der Waals surface area contributed by atoms with Gasteiger partial charge in [-0.15, -0.1) is 0 Å². The van der Waals surface area contributed by atoms with E-state index in [4.69, 9.17) is 0 Å². The molecule has 0 aliphatic carbocycles. The van der Waals surface area contributed by atoms with Gasteiger partial charge in [-0.3, -0.25) is 14.5 Å². The lowest BCUT2D eigenvalue weighted by atomic mass is 9.82. The molecule has 4 rings (SSSR count). The molecule has 1 atom stereocenters. The molecule has 0 radical (unpaired) electrons. The van der Waals surface area contributed by atoms with Crippen molar-refractivity contribution in [2.24, 2.45) is 0 Å². The van der Waals surface area contributed by atoms with Crippen molar-refractivity contribution in [2.75, 3.05) is 6.54 Å². The molecule has 162 valence electrons. The van der Waals surface area contributed by atoms with E-state index in [2.05, 4.69) is 10.6 Å². The van der Waals surface area contributed by atoms with E-state index >= 15 is 0 Å². The minimum Gasteiger partial charge on any atom is -0.348 e. The minimum atomic E-state index is -1.41. The van der Waals surface area contributed by atoms with Gasteiger partial charge in [0, 0.05) is 0 Å². The number of hydrogen-bond acceptors (Lipinski definition) is 3. The normalized spacial score (nSPS) is 15.9. The van der Waals surface area contributed by atoms with Crippen LogP contribution in [0.2, 0.25) is 0 Å². The molecule has 1 aliphatic heterocycles. The van der Waals surface area contributed by atoms with Crippen LogP contribution in [-0.4, -0.2) is 29.3 Å². The van der Waals surface area contributed by atoms with Crippen LogP contribution in [0.5, 0.6) is 0 Å². The number of halogens is 1. The molecule has 4 amide bonds. The number of amides is 4. The van der Waals surface area contributed by atoms with Gasteiger partial charge < -0.3 is 10.6 Å². The Morgan fingerprint density at radius 1 is 0.938 bits per heavy atom. The molecule has 0 bridgehead atoms. The van der Waals surface area contributed by atoms with Crippen LogP contribution in [0.3, 0.4) is 0 Å². The van der Waals surface area contributed by atoms with E-state index in [-0.39, 0.29) is 5.82 Å². The van der Waals surface area contributed by atoms with Crippen LogP contribution >= 0.6 is 0 Å². The maximum Gasteiger partial charge on any atom is 0.326 e. The van der Waals surface area contributed by atoms with E-state index in [1.807, 2.05) is 12.1 Å². The zero-order chi connectivity index (χ0) is 22.7. The summed E-state index contributed by atoms with van der Waals surface area (Å²) in [7, 11) is 0. The van der Waals surface area contributed by atoms with Crippen LogP contribution in [0, 0.1) is 5.82 Å². The molecule has 1 unspecified atom stereocenters. The number of imide groups is 1. The Labute approximate surface area is 185 Å². The van der Waals surface area contributed by atoms with Crippen LogP contribution in [0.15, 0.2) is 84.9 Å². The number of nitrogens with zero attached hydrogens (tertiary/aromatic N) is 1. The van der Waals surface area contributed by atoms with Crippen molar-refractivity contribution >= 4 is 17.8 Å². The van der Waals surface area contributed by atoms with Crippen molar-refractivity contribution in [1.82, 2.24) is 15.5 Å². The summed E-state index contributed by atoms with van der Waals surface area (Å²) in [5.41, 5.74) is 0.502. The number of hydrogen-bond donors (Lipinski definition) is 2. The standard InChI is InChI=1S/C25H22FN3O3/c1-17(18-12-14-21(26)15-13-18)27-22(30)16-29-23(31)25(28-24(29)32,19-8-4-2-5-9-19)20-10-6-3-7-11-20/h2-15,17H,16H2,1H3,(H,27,30)(H,28,32). The molecule has 3 aromatic carbocycles. The quantitative estimate of drug-likeness (QED) is 0.587. The maximum atomic E-state index is 13.6. The van der Waals surface area contributed by atoms with Crippen molar-refractivity contribution in [3.8, 4) is 0 Å². The Balaban J connectivity index is 1.58. The summed E-state index contributed by atoms with van der Waals surface area (Å²) >= 11 is 0. The van der Waals surface area contributed by atoms with Crippen molar-refractivity contribution in [3.63, 3.8) is 0 Å². The Kier molecular flexibility index (Phi) is 5.73. The minimum absolute atomic E-state index is 0.371. The Bertz CT molecular complexity index is 1090. The van der Waals surface area contributed by atoms with Gasteiger partial charge in [-0.05, 0) is 35.7 Å². The maximum absolute atomic E-state index is 13.6. The molecule has 1 heterocycles. The zero-order valence-corrected chi connectivity index (χ0v) is 17.4. The lowest BCUT2D eigenvalue weighted by Gasteiger charge is -2.28. The second kappa shape index (κ2) is 8.63. The molecule has 1 saturated heterocycles. The van der Waals surface area contributed by atoms with Gasteiger partial charge in [0.05, 0.1) is 6.04 Å². The highest BCUT2D eigenvalue weighted by atomic mass is 19.1. The summed E-state index contributed by atoms with van der Waals surface area (Å²) in [5.74, 6) is -1.39. The van der Waals surface area contributed by atoms with Gasteiger partial charge >= 0.3 is 6.03 Å². The SMILES string of the molecule is CC(NC(=O)CN1C(=O)NC(c2ccccc2)(c2ccccc2)C1=O)c1ccc(F)cc1. The number of benzene rings is 3. The molecular formula is C25H22FN3O3. The van der Waals surface area contributed by atoms with E-state index in [9.17, 15) is 18.8 Å². The number of rotatable bonds is 6. The van der Waals surface area contributed by atoms with Gasteiger partial charge in [0.25, 0.3) is 5.91 Å². The van der Waals surface area contributed by atoms with E-state index in [0.29, 0.717) is 16.7 Å². The fourth-order valence-electron chi connectivity index (χ4n) is 3.92. The van der Waals surface area contributed by atoms with Crippen molar-refractivity contribution < 1.29 is 18.8 Å². The van der Waals surface area contributed by atoms with Gasteiger partial charge in [0.1, 0.15) is 12.4 Å². The largest absolute Gasteiger partial charge is 0.348 e. The number of nitrogens with one attached hydrogen (secondary N) is 2. The summed E-state index contributed by atoms with van der Waals surface area (Å²) in [6, 6.07) is 22.6. The summed E-state index contributed by atoms with van der Waals surface area (Å²) in [5, 5.41) is 5.57. The Morgan fingerprint density at radius 3 is 2.00 bits per heavy atom.